The lowest BCUT2D eigenvalue weighted by atomic mass is 9.97. The van der Waals surface area contributed by atoms with Gasteiger partial charge in [0.2, 0.25) is 0 Å². The predicted octanol–water partition coefficient (Wildman–Crippen LogP) is 1.94. The van der Waals surface area contributed by atoms with Gasteiger partial charge in [-0.15, -0.1) is 12.4 Å². The highest BCUT2D eigenvalue weighted by Crippen LogP contribution is 2.28. The van der Waals surface area contributed by atoms with Crippen molar-refractivity contribution in [3.05, 3.63) is 23.8 Å². The molecular formula is C15H23ClN2O3. The smallest absolute Gasteiger partial charge is 0.254 e. The lowest BCUT2D eigenvalue weighted by Gasteiger charge is -2.32. The van der Waals surface area contributed by atoms with E-state index in [9.17, 15) is 4.79 Å². The number of benzene rings is 1. The molecule has 0 saturated carbocycles. The van der Waals surface area contributed by atoms with Crippen LogP contribution in [-0.4, -0.2) is 44.7 Å². The molecule has 1 unspecified atom stereocenters. The Kier molecular flexibility index (Phi) is 6.78. The summed E-state index contributed by atoms with van der Waals surface area (Å²) in [5.74, 6) is 1.64. The van der Waals surface area contributed by atoms with Crippen LogP contribution >= 0.6 is 12.4 Å². The molecule has 0 bridgehead atoms. The second-order valence-electron chi connectivity index (χ2n) is 5.06. The standard InChI is InChI=1S/C15H22N2O3.ClH/c1-19-13-6-5-12(8-14(13)20-2)15(18)17-7-3-4-11(9-16)10-17;/h5-6,8,11H,3-4,7,9-10,16H2,1-2H3;1H. The molecule has 0 aliphatic carbocycles. The summed E-state index contributed by atoms with van der Waals surface area (Å²) in [7, 11) is 3.15. The quantitative estimate of drug-likeness (QED) is 0.922. The molecule has 1 aliphatic heterocycles. The molecule has 5 nitrogen and oxygen atoms in total. The van der Waals surface area contributed by atoms with E-state index in [-0.39, 0.29) is 18.3 Å². The maximum absolute atomic E-state index is 12.5. The number of carbonyl (C=O) groups excluding carboxylic acids is 1. The van der Waals surface area contributed by atoms with Gasteiger partial charge in [-0.1, -0.05) is 0 Å². The summed E-state index contributed by atoms with van der Waals surface area (Å²) in [5, 5.41) is 0. The summed E-state index contributed by atoms with van der Waals surface area (Å²) in [5.41, 5.74) is 6.34. The minimum Gasteiger partial charge on any atom is -0.493 e. The van der Waals surface area contributed by atoms with Crippen LogP contribution in [0.1, 0.15) is 23.2 Å². The van der Waals surface area contributed by atoms with Gasteiger partial charge in [-0.05, 0) is 43.5 Å². The van der Waals surface area contributed by atoms with Gasteiger partial charge >= 0.3 is 0 Å². The van der Waals surface area contributed by atoms with E-state index < -0.39 is 0 Å². The van der Waals surface area contributed by atoms with Crippen molar-refractivity contribution in [2.45, 2.75) is 12.8 Å². The van der Waals surface area contributed by atoms with E-state index in [1.807, 2.05) is 4.90 Å². The zero-order valence-corrected chi connectivity index (χ0v) is 13.3. The van der Waals surface area contributed by atoms with Crippen molar-refractivity contribution in [3.8, 4) is 11.5 Å². The molecular weight excluding hydrogens is 292 g/mol. The third-order valence-electron chi connectivity index (χ3n) is 3.77. The summed E-state index contributed by atoms with van der Waals surface area (Å²) in [6, 6.07) is 5.26. The molecule has 1 fully saturated rings. The van der Waals surface area contributed by atoms with Crippen molar-refractivity contribution in [3.63, 3.8) is 0 Å². The monoisotopic (exact) mass is 314 g/mol. The molecule has 118 valence electrons. The number of hydrogen-bond donors (Lipinski definition) is 1. The van der Waals surface area contributed by atoms with Crippen LogP contribution in [-0.2, 0) is 0 Å². The number of hydrogen-bond acceptors (Lipinski definition) is 4. The van der Waals surface area contributed by atoms with Gasteiger partial charge in [0, 0.05) is 18.7 Å². The number of amides is 1. The van der Waals surface area contributed by atoms with Gasteiger partial charge in [0.05, 0.1) is 14.2 Å². The van der Waals surface area contributed by atoms with E-state index in [4.69, 9.17) is 15.2 Å². The lowest BCUT2D eigenvalue weighted by molar-refractivity contribution is 0.0678. The fraction of sp³-hybridized carbons (Fsp3) is 0.533. The number of rotatable bonds is 4. The first-order chi connectivity index (χ1) is 9.69. The fourth-order valence-electron chi connectivity index (χ4n) is 2.59. The number of piperidine rings is 1. The van der Waals surface area contributed by atoms with Gasteiger partial charge in [0.1, 0.15) is 0 Å². The first-order valence-electron chi connectivity index (χ1n) is 6.91. The number of halogens is 1. The molecule has 1 heterocycles. The third kappa shape index (κ3) is 4.02. The van der Waals surface area contributed by atoms with E-state index in [1.165, 1.54) is 0 Å². The average molecular weight is 315 g/mol. The van der Waals surface area contributed by atoms with Gasteiger partial charge in [-0.3, -0.25) is 4.79 Å². The van der Waals surface area contributed by atoms with Crippen molar-refractivity contribution in [1.82, 2.24) is 4.90 Å². The van der Waals surface area contributed by atoms with Crippen molar-refractivity contribution in [2.75, 3.05) is 33.9 Å². The van der Waals surface area contributed by atoms with E-state index >= 15 is 0 Å². The molecule has 2 N–H and O–H groups in total. The van der Waals surface area contributed by atoms with E-state index in [1.54, 1.807) is 32.4 Å². The first kappa shape index (κ1) is 17.6. The number of likely N-dealkylation sites (tertiary alicyclic amines) is 1. The van der Waals surface area contributed by atoms with E-state index in [0.29, 0.717) is 29.5 Å². The Morgan fingerprint density at radius 1 is 1.33 bits per heavy atom. The first-order valence-corrected chi connectivity index (χ1v) is 6.91. The second kappa shape index (κ2) is 8.10. The number of carbonyl (C=O) groups is 1. The van der Waals surface area contributed by atoms with Gasteiger partial charge in [-0.25, -0.2) is 0 Å². The summed E-state index contributed by atoms with van der Waals surface area (Å²) in [4.78, 5) is 14.4. The zero-order chi connectivity index (χ0) is 14.5. The van der Waals surface area contributed by atoms with Crippen LogP contribution in [0.25, 0.3) is 0 Å². The molecule has 0 radical (unpaired) electrons. The summed E-state index contributed by atoms with van der Waals surface area (Å²) < 4.78 is 10.4. The zero-order valence-electron chi connectivity index (χ0n) is 12.5. The molecule has 1 amide bonds. The molecule has 1 aromatic carbocycles. The van der Waals surface area contributed by atoms with Crippen LogP contribution in [0, 0.1) is 5.92 Å². The minimum absolute atomic E-state index is 0. The number of nitrogens with zero attached hydrogens (tertiary/aromatic N) is 1. The highest BCUT2D eigenvalue weighted by molar-refractivity contribution is 5.95. The van der Waals surface area contributed by atoms with Gasteiger partial charge in [-0.2, -0.15) is 0 Å². The second-order valence-corrected chi connectivity index (χ2v) is 5.06. The third-order valence-corrected chi connectivity index (χ3v) is 3.77. The Bertz CT molecular complexity index is 482. The highest BCUT2D eigenvalue weighted by Gasteiger charge is 2.24. The molecule has 1 aromatic rings. The number of methoxy groups -OCH3 is 2. The van der Waals surface area contributed by atoms with Crippen molar-refractivity contribution in [2.24, 2.45) is 11.7 Å². The Labute approximate surface area is 131 Å². The Morgan fingerprint density at radius 3 is 2.67 bits per heavy atom. The van der Waals surface area contributed by atoms with Crippen molar-refractivity contribution >= 4 is 18.3 Å². The minimum atomic E-state index is 0. The molecule has 1 atom stereocenters. The average Bonchev–Trinajstić information content (AvgIpc) is 2.53. The van der Waals surface area contributed by atoms with Crippen LogP contribution in [0.3, 0.4) is 0 Å². The summed E-state index contributed by atoms with van der Waals surface area (Å²) in [6.07, 6.45) is 2.12. The van der Waals surface area contributed by atoms with Gasteiger partial charge in [0.25, 0.3) is 5.91 Å². The fourth-order valence-corrected chi connectivity index (χ4v) is 2.59. The predicted molar refractivity (Wildman–Crippen MR) is 84.5 cm³/mol. The maximum Gasteiger partial charge on any atom is 0.254 e. The summed E-state index contributed by atoms with van der Waals surface area (Å²) in [6.45, 7) is 2.17. The normalized spacial score (nSPS) is 17.9. The van der Waals surface area contributed by atoms with Crippen LogP contribution < -0.4 is 15.2 Å². The SMILES string of the molecule is COc1ccc(C(=O)N2CCCC(CN)C2)cc1OC.Cl. The summed E-state index contributed by atoms with van der Waals surface area (Å²) >= 11 is 0. The van der Waals surface area contributed by atoms with Gasteiger partial charge < -0.3 is 20.1 Å². The molecule has 21 heavy (non-hydrogen) atoms. The number of nitrogens with two attached hydrogens (primary N) is 1. The van der Waals surface area contributed by atoms with Crippen LogP contribution in [0.5, 0.6) is 11.5 Å². The largest absolute Gasteiger partial charge is 0.493 e. The number of ether oxygens (including phenoxy) is 2. The van der Waals surface area contributed by atoms with E-state index in [2.05, 4.69) is 0 Å². The van der Waals surface area contributed by atoms with E-state index in [0.717, 1.165) is 25.9 Å². The molecule has 2 rings (SSSR count). The molecule has 0 spiro atoms. The molecule has 1 saturated heterocycles. The Balaban J connectivity index is 0.00000220. The topological polar surface area (TPSA) is 64.8 Å². The highest BCUT2D eigenvalue weighted by atomic mass is 35.5. The van der Waals surface area contributed by atoms with Crippen LogP contribution in [0.4, 0.5) is 0 Å². The lowest BCUT2D eigenvalue weighted by Crippen LogP contribution is -2.42. The Hall–Kier alpha value is -1.46. The van der Waals surface area contributed by atoms with Crippen LogP contribution in [0.15, 0.2) is 18.2 Å². The maximum atomic E-state index is 12.5. The Morgan fingerprint density at radius 2 is 2.05 bits per heavy atom. The molecule has 6 heteroatoms. The van der Waals surface area contributed by atoms with Crippen molar-refractivity contribution < 1.29 is 14.3 Å². The van der Waals surface area contributed by atoms with Gasteiger partial charge in [0.15, 0.2) is 11.5 Å². The molecule has 0 aromatic heterocycles. The van der Waals surface area contributed by atoms with Crippen molar-refractivity contribution in [1.29, 1.82) is 0 Å². The molecule has 1 aliphatic rings. The van der Waals surface area contributed by atoms with Crippen LogP contribution in [0.2, 0.25) is 0 Å².